The van der Waals surface area contributed by atoms with Crippen LogP contribution in [0.2, 0.25) is 0 Å². The van der Waals surface area contributed by atoms with Crippen LogP contribution in [0.3, 0.4) is 0 Å². The van der Waals surface area contributed by atoms with Crippen molar-refractivity contribution in [2.45, 2.75) is 83.8 Å². The van der Waals surface area contributed by atoms with E-state index in [0.29, 0.717) is 12.5 Å². The van der Waals surface area contributed by atoms with E-state index in [1.165, 1.54) is 30.4 Å². The highest BCUT2D eigenvalue weighted by Crippen LogP contribution is 2.28. The third-order valence-corrected chi connectivity index (χ3v) is 4.95. The van der Waals surface area contributed by atoms with Gasteiger partial charge in [-0.3, -0.25) is 0 Å². The van der Waals surface area contributed by atoms with Crippen molar-refractivity contribution >= 4 is 6.09 Å². The number of aliphatic hydroxyl groups is 1. The zero-order valence-corrected chi connectivity index (χ0v) is 16.6. The molecule has 26 heavy (non-hydrogen) atoms. The predicted octanol–water partition coefficient (Wildman–Crippen LogP) is 4.63. The van der Waals surface area contributed by atoms with Gasteiger partial charge >= 0.3 is 6.09 Å². The number of nitrogens with one attached hydrogen (secondary N) is 1. The molecule has 146 valence electrons. The number of carbonyl (C=O) groups excluding carboxylic acids is 1. The molecule has 4 nitrogen and oxygen atoms in total. The second-order valence-electron chi connectivity index (χ2n) is 8.60. The van der Waals surface area contributed by atoms with Crippen LogP contribution in [0.15, 0.2) is 24.3 Å². The smallest absolute Gasteiger partial charge is 0.407 e. The molecule has 0 heterocycles. The first-order chi connectivity index (χ1) is 12.3. The molecule has 1 amide bonds. The van der Waals surface area contributed by atoms with Crippen LogP contribution in [0.5, 0.6) is 0 Å². The second kappa shape index (κ2) is 9.96. The van der Waals surface area contributed by atoms with Crippen molar-refractivity contribution in [3.63, 3.8) is 0 Å². The largest absolute Gasteiger partial charge is 0.450 e. The Hall–Kier alpha value is -1.55. The van der Waals surface area contributed by atoms with Gasteiger partial charge in [-0.05, 0) is 69.9 Å². The van der Waals surface area contributed by atoms with Crippen molar-refractivity contribution in [2.75, 3.05) is 6.61 Å². The van der Waals surface area contributed by atoms with Gasteiger partial charge in [0.15, 0.2) is 0 Å². The molecule has 1 unspecified atom stereocenters. The van der Waals surface area contributed by atoms with Crippen LogP contribution in [0, 0.1) is 5.92 Å². The Morgan fingerprint density at radius 3 is 2.62 bits per heavy atom. The average Bonchev–Trinajstić information content (AvgIpc) is 2.58. The second-order valence-corrected chi connectivity index (χ2v) is 8.60. The number of carbonyl (C=O) groups is 1. The van der Waals surface area contributed by atoms with Crippen molar-refractivity contribution < 1.29 is 14.6 Å². The Morgan fingerprint density at radius 1 is 1.23 bits per heavy atom. The highest BCUT2D eigenvalue weighted by atomic mass is 16.5. The lowest BCUT2D eigenvalue weighted by Crippen LogP contribution is -2.41. The Morgan fingerprint density at radius 2 is 1.92 bits per heavy atom. The zero-order chi connectivity index (χ0) is 19.0. The molecule has 0 aromatic heterocycles. The summed E-state index contributed by atoms with van der Waals surface area (Å²) in [5, 5.41) is 13.3. The van der Waals surface area contributed by atoms with E-state index >= 15 is 0 Å². The molecule has 2 rings (SSSR count). The van der Waals surface area contributed by atoms with Crippen LogP contribution in [0.25, 0.3) is 0 Å². The van der Waals surface area contributed by atoms with Gasteiger partial charge in [-0.25, -0.2) is 4.79 Å². The summed E-state index contributed by atoms with van der Waals surface area (Å²) >= 11 is 0. The Kier molecular flexibility index (Phi) is 7.95. The summed E-state index contributed by atoms with van der Waals surface area (Å²) in [5.41, 5.74) is 2.16. The van der Waals surface area contributed by atoms with Crippen molar-refractivity contribution in [1.82, 2.24) is 5.32 Å². The summed E-state index contributed by atoms with van der Waals surface area (Å²) in [7, 11) is 0. The fraction of sp³-hybridized carbons (Fsp3) is 0.682. The number of hydrogen-bond donors (Lipinski definition) is 2. The van der Waals surface area contributed by atoms with E-state index in [4.69, 9.17) is 4.74 Å². The lowest BCUT2D eigenvalue weighted by molar-refractivity contribution is 0.0851. The minimum Gasteiger partial charge on any atom is -0.450 e. The molecule has 4 heteroatoms. The molecule has 0 spiro atoms. The van der Waals surface area contributed by atoms with Crippen molar-refractivity contribution in [2.24, 2.45) is 5.92 Å². The molecule has 2 N–H and O–H groups in total. The number of hydrogen-bond acceptors (Lipinski definition) is 3. The first-order valence-electron chi connectivity index (χ1n) is 10.0. The van der Waals surface area contributed by atoms with Gasteiger partial charge in [-0.1, -0.05) is 43.5 Å². The maximum atomic E-state index is 11.6. The van der Waals surface area contributed by atoms with Gasteiger partial charge in [-0.2, -0.15) is 0 Å². The van der Waals surface area contributed by atoms with E-state index in [1.54, 1.807) is 0 Å². The predicted molar refractivity (Wildman–Crippen MR) is 105 cm³/mol. The van der Waals surface area contributed by atoms with Gasteiger partial charge < -0.3 is 15.2 Å². The van der Waals surface area contributed by atoms with Gasteiger partial charge in [0.1, 0.15) is 0 Å². The number of alkyl carbamates (subject to hydrolysis) is 1. The molecule has 1 fully saturated rings. The third kappa shape index (κ3) is 7.77. The van der Waals surface area contributed by atoms with E-state index in [9.17, 15) is 9.90 Å². The van der Waals surface area contributed by atoms with E-state index in [2.05, 4.69) is 29.6 Å². The van der Waals surface area contributed by atoms with E-state index in [0.717, 1.165) is 32.1 Å². The standard InChI is InChI=1S/C22H35NO3/c1-22(2,3)23-21(25)26-14-8-11-17-9-7-10-18(15-17)16-20(24)19-12-5-4-6-13-19/h7,9-10,15,19-20,24H,4-6,8,11-14,16H2,1-3H3,(H,23,25). The number of aryl methyl sites for hydroxylation is 1. The van der Waals surface area contributed by atoms with Crippen molar-refractivity contribution in [3.05, 3.63) is 35.4 Å². The minimum absolute atomic E-state index is 0.227. The molecule has 1 aliphatic carbocycles. The molecule has 0 saturated heterocycles. The van der Waals surface area contributed by atoms with Gasteiger partial charge in [-0.15, -0.1) is 0 Å². The molecule has 0 aliphatic heterocycles. The molecule has 0 bridgehead atoms. The fourth-order valence-electron chi connectivity index (χ4n) is 3.62. The Labute approximate surface area is 158 Å². The fourth-order valence-corrected chi connectivity index (χ4v) is 3.62. The summed E-state index contributed by atoms with van der Waals surface area (Å²) in [6.07, 6.45) is 7.97. The number of aliphatic hydroxyl groups excluding tert-OH is 1. The maximum absolute atomic E-state index is 11.6. The lowest BCUT2D eigenvalue weighted by Gasteiger charge is -2.26. The van der Waals surface area contributed by atoms with E-state index in [-0.39, 0.29) is 17.7 Å². The zero-order valence-electron chi connectivity index (χ0n) is 16.6. The first kappa shape index (κ1) is 20.8. The SMILES string of the molecule is CC(C)(C)NC(=O)OCCCc1cccc(CC(O)C2CCCCC2)c1. The van der Waals surface area contributed by atoms with Gasteiger partial charge in [0.2, 0.25) is 0 Å². The molecule has 1 saturated carbocycles. The monoisotopic (exact) mass is 361 g/mol. The van der Waals surface area contributed by atoms with Crippen LogP contribution in [0.4, 0.5) is 4.79 Å². The average molecular weight is 362 g/mol. The topological polar surface area (TPSA) is 58.6 Å². The Bertz CT molecular complexity index is 559. The highest BCUT2D eigenvalue weighted by molar-refractivity contribution is 5.67. The normalized spacial score (nSPS) is 16.9. The third-order valence-electron chi connectivity index (χ3n) is 4.95. The molecular weight excluding hydrogens is 326 g/mol. The molecule has 1 atom stereocenters. The van der Waals surface area contributed by atoms with Gasteiger partial charge in [0, 0.05) is 5.54 Å². The molecule has 0 radical (unpaired) electrons. The quantitative estimate of drug-likeness (QED) is 0.696. The molecule has 1 aliphatic rings. The number of benzene rings is 1. The van der Waals surface area contributed by atoms with Crippen LogP contribution < -0.4 is 5.32 Å². The van der Waals surface area contributed by atoms with Crippen LogP contribution in [0.1, 0.15) is 70.4 Å². The van der Waals surface area contributed by atoms with E-state index < -0.39 is 0 Å². The maximum Gasteiger partial charge on any atom is 0.407 e. The summed E-state index contributed by atoms with van der Waals surface area (Å²) in [5.74, 6) is 0.460. The molecule has 1 aromatic rings. The molecular formula is C22H35NO3. The van der Waals surface area contributed by atoms with Crippen LogP contribution in [-0.4, -0.2) is 29.4 Å². The summed E-state index contributed by atoms with van der Waals surface area (Å²) < 4.78 is 5.22. The minimum atomic E-state index is -0.359. The summed E-state index contributed by atoms with van der Waals surface area (Å²) in [4.78, 5) is 11.6. The number of rotatable bonds is 7. The lowest BCUT2D eigenvalue weighted by atomic mass is 9.83. The number of amides is 1. The van der Waals surface area contributed by atoms with Crippen molar-refractivity contribution in [1.29, 1.82) is 0 Å². The van der Waals surface area contributed by atoms with Crippen molar-refractivity contribution in [3.8, 4) is 0 Å². The van der Waals surface area contributed by atoms with Gasteiger partial charge in [0.05, 0.1) is 12.7 Å². The van der Waals surface area contributed by atoms with E-state index in [1.807, 2.05) is 20.8 Å². The highest BCUT2D eigenvalue weighted by Gasteiger charge is 2.21. The molecule has 1 aromatic carbocycles. The summed E-state index contributed by atoms with van der Waals surface area (Å²) in [6.45, 7) is 6.21. The number of ether oxygens (including phenoxy) is 1. The summed E-state index contributed by atoms with van der Waals surface area (Å²) in [6, 6.07) is 8.45. The Balaban J connectivity index is 1.73. The van der Waals surface area contributed by atoms with Crippen LogP contribution in [-0.2, 0) is 17.6 Å². The van der Waals surface area contributed by atoms with Gasteiger partial charge in [0.25, 0.3) is 0 Å². The first-order valence-corrected chi connectivity index (χ1v) is 10.0. The van der Waals surface area contributed by atoms with Crippen LogP contribution >= 0.6 is 0 Å².